The van der Waals surface area contributed by atoms with E-state index >= 15 is 0 Å². The first-order chi connectivity index (χ1) is 14.3. The summed E-state index contributed by atoms with van der Waals surface area (Å²) < 4.78 is 3.55. The minimum atomic E-state index is -0.184. The van der Waals surface area contributed by atoms with Crippen molar-refractivity contribution in [2.24, 2.45) is 0 Å². The Balaban J connectivity index is 1.59. The number of hydrogen-bond acceptors (Lipinski definition) is 4. The Kier molecular flexibility index (Phi) is 5.49. The van der Waals surface area contributed by atoms with Gasteiger partial charge < -0.3 is 9.47 Å². The monoisotopic (exact) mass is 440 g/mol. The summed E-state index contributed by atoms with van der Waals surface area (Å²) in [5.74, 6) is -0.163. The minimum Gasteiger partial charge on any atom is -0.336 e. The third-order valence-electron chi connectivity index (χ3n) is 5.00. The molecule has 0 saturated carbocycles. The predicted molar refractivity (Wildman–Crippen MR) is 120 cm³/mol. The number of fused-ring (bicyclic) bond motifs is 1. The third-order valence-corrected chi connectivity index (χ3v) is 6.27. The summed E-state index contributed by atoms with van der Waals surface area (Å²) in [5.41, 5.74) is 2.98. The number of rotatable bonds is 5. The van der Waals surface area contributed by atoms with Gasteiger partial charge in [0.25, 0.3) is 11.5 Å². The SMILES string of the molecule is Cc1cn2c(CN(C)C(=O)c3ccc(=O)n(Cc4ccccc4Cl)c3)c(C)nc2s1. The molecule has 0 spiro atoms. The van der Waals surface area contributed by atoms with Gasteiger partial charge >= 0.3 is 0 Å². The fraction of sp³-hybridized carbons (Fsp3) is 0.227. The van der Waals surface area contributed by atoms with Crippen LogP contribution < -0.4 is 5.56 Å². The fourth-order valence-electron chi connectivity index (χ4n) is 3.41. The van der Waals surface area contributed by atoms with Crippen molar-refractivity contribution < 1.29 is 4.79 Å². The Morgan fingerprint density at radius 1 is 1.17 bits per heavy atom. The number of aromatic nitrogens is 3. The van der Waals surface area contributed by atoms with E-state index in [2.05, 4.69) is 4.98 Å². The van der Waals surface area contributed by atoms with Gasteiger partial charge in [0.2, 0.25) is 0 Å². The smallest absolute Gasteiger partial charge is 0.255 e. The first-order valence-corrected chi connectivity index (χ1v) is 10.7. The molecule has 0 unspecified atom stereocenters. The van der Waals surface area contributed by atoms with Gasteiger partial charge in [0.05, 0.1) is 30.0 Å². The van der Waals surface area contributed by atoms with Gasteiger partial charge in [-0.1, -0.05) is 29.8 Å². The Hall–Kier alpha value is -2.90. The molecule has 6 nitrogen and oxygen atoms in total. The predicted octanol–water partition coefficient (Wildman–Crippen LogP) is 4.15. The molecule has 8 heteroatoms. The summed E-state index contributed by atoms with van der Waals surface area (Å²) in [6, 6.07) is 10.3. The number of carbonyl (C=O) groups excluding carboxylic acids is 1. The average molecular weight is 441 g/mol. The number of imidazole rings is 1. The van der Waals surface area contributed by atoms with Crippen LogP contribution in [0.4, 0.5) is 0 Å². The second-order valence-electron chi connectivity index (χ2n) is 7.27. The first kappa shape index (κ1) is 20.4. The molecule has 1 aromatic carbocycles. The van der Waals surface area contributed by atoms with Crippen molar-refractivity contribution in [3.8, 4) is 0 Å². The van der Waals surface area contributed by atoms with Crippen LogP contribution in [0.15, 0.2) is 53.6 Å². The molecule has 3 aromatic heterocycles. The van der Waals surface area contributed by atoms with Crippen LogP contribution in [0.2, 0.25) is 5.02 Å². The molecule has 0 aliphatic rings. The van der Waals surface area contributed by atoms with E-state index < -0.39 is 0 Å². The minimum absolute atomic E-state index is 0.163. The molecule has 0 aliphatic heterocycles. The van der Waals surface area contributed by atoms with E-state index in [4.69, 9.17) is 11.6 Å². The molecule has 4 aromatic rings. The zero-order valence-corrected chi connectivity index (χ0v) is 18.5. The highest BCUT2D eigenvalue weighted by Crippen LogP contribution is 2.22. The van der Waals surface area contributed by atoms with Gasteiger partial charge in [-0.3, -0.25) is 14.0 Å². The largest absolute Gasteiger partial charge is 0.336 e. The highest BCUT2D eigenvalue weighted by atomic mass is 35.5. The highest BCUT2D eigenvalue weighted by molar-refractivity contribution is 7.17. The molecule has 0 radical (unpaired) electrons. The molecule has 4 rings (SSSR count). The van der Waals surface area contributed by atoms with Crippen molar-refractivity contribution in [1.29, 1.82) is 0 Å². The molecular weight excluding hydrogens is 420 g/mol. The molecular formula is C22H21ClN4O2S. The van der Waals surface area contributed by atoms with Gasteiger partial charge in [-0.2, -0.15) is 0 Å². The lowest BCUT2D eigenvalue weighted by atomic mass is 10.2. The summed E-state index contributed by atoms with van der Waals surface area (Å²) in [4.78, 5) is 33.7. The van der Waals surface area contributed by atoms with Crippen LogP contribution in [-0.4, -0.2) is 31.8 Å². The van der Waals surface area contributed by atoms with Gasteiger partial charge in [0.15, 0.2) is 4.96 Å². The van der Waals surface area contributed by atoms with E-state index in [1.165, 1.54) is 15.5 Å². The maximum atomic E-state index is 13.1. The molecule has 0 fully saturated rings. The number of thiazole rings is 1. The van der Waals surface area contributed by atoms with Gasteiger partial charge in [0.1, 0.15) is 0 Å². The molecule has 0 N–H and O–H groups in total. The Morgan fingerprint density at radius 2 is 1.93 bits per heavy atom. The molecule has 0 aliphatic carbocycles. The van der Waals surface area contributed by atoms with Crippen LogP contribution in [0.5, 0.6) is 0 Å². The van der Waals surface area contributed by atoms with Crippen molar-refractivity contribution in [3.63, 3.8) is 0 Å². The normalized spacial score (nSPS) is 11.2. The van der Waals surface area contributed by atoms with E-state index in [0.29, 0.717) is 23.7 Å². The standard InChI is InChI=1S/C22H21ClN4O2S/c1-14-10-27-19(15(2)24-22(27)30-14)13-25(3)21(29)17-8-9-20(28)26(12-17)11-16-6-4-5-7-18(16)23/h4-10,12H,11,13H2,1-3H3. The topological polar surface area (TPSA) is 59.6 Å². The molecule has 30 heavy (non-hydrogen) atoms. The van der Waals surface area contributed by atoms with Crippen molar-refractivity contribution >= 4 is 33.8 Å². The van der Waals surface area contributed by atoms with Crippen LogP contribution in [0, 0.1) is 13.8 Å². The Labute approximate surface area is 183 Å². The van der Waals surface area contributed by atoms with E-state index in [1.807, 2.05) is 42.6 Å². The number of amides is 1. The maximum absolute atomic E-state index is 13.1. The van der Waals surface area contributed by atoms with E-state index in [1.54, 1.807) is 41.6 Å². The van der Waals surface area contributed by atoms with Crippen LogP contribution in [0.3, 0.4) is 0 Å². The molecule has 3 heterocycles. The second-order valence-corrected chi connectivity index (χ2v) is 8.90. The number of aryl methyl sites for hydroxylation is 2. The van der Waals surface area contributed by atoms with Gasteiger partial charge in [-0.25, -0.2) is 4.98 Å². The number of carbonyl (C=O) groups is 1. The number of benzene rings is 1. The van der Waals surface area contributed by atoms with Crippen molar-refractivity contribution in [3.05, 3.63) is 91.6 Å². The number of halogens is 1. The number of pyridine rings is 1. The zero-order valence-electron chi connectivity index (χ0n) is 16.9. The summed E-state index contributed by atoms with van der Waals surface area (Å²) in [7, 11) is 1.75. The van der Waals surface area contributed by atoms with Crippen LogP contribution in [-0.2, 0) is 13.1 Å². The fourth-order valence-corrected chi connectivity index (χ4v) is 4.49. The Bertz CT molecular complexity index is 1300. The summed E-state index contributed by atoms with van der Waals surface area (Å²) >= 11 is 7.85. The molecule has 154 valence electrons. The summed E-state index contributed by atoms with van der Waals surface area (Å²) in [6.45, 7) is 4.72. The quantitative estimate of drug-likeness (QED) is 0.468. The third kappa shape index (κ3) is 3.91. The summed E-state index contributed by atoms with van der Waals surface area (Å²) in [6.07, 6.45) is 3.63. The second kappa shape index (κ2) is 8.08. The Morgan fingerprint density at radius 3 is 2.70 bits per heavy atom. The van der Waals surface area contributed by atoms with E-state index in [0.717, 1.165) is 21.9 Å². The van der Waals surface area contributed by atoms with Crippen molar-refractivity contribution in [2.75, 3.05) is 7.05 Å². The lowest BCUT2D eigenvalue weighted by molar-refractivity contribution is 0.0782. The van der Waals surface area contributed by atoms with Crippen LogP contribution >= 0.6 is 22.9 Å². The molecule has 0 saturated heterocycles. The zero-order chi connectivity index (χ0) is 21.4. The lowest BCUT2D eigenvalue weighted by Gasteiger charge is -2.18. The van der Waals surface area contributed by atoms with Gasteiger partial charge in [0, 0.05) is 35.4 Å². The van der Waals surface area contributed by atoms with E-state index in [-0.39, 0.29) is 11.5 Å². The first-order valence-electron chi connectivity index (χ1n) is 9.47. The maximum Gasteiger partial charge on any atom is 0.255 e. The molecule has 1 amide bonds. The van der Waals surface area contributed by atoms with Gasteiger partial charge in [-0.05, 0) is 31.5 Å². The summed E-state index contributed by atoms with van der Waals surface area (Å²) in [5, 5.41) is 0.588. The van der Waals surface area contributed by atoms with Gasteiger partial charge in [-0.15, -0.1) is 11.3 Å². The average Bonchev–Trinajstić information content (AvgIpc) is 3.20. The van der Waals surface area contributed by atoms with E-state index in [9.17, 15) is 9.59 Å². The molecule has 0 atom stereocenters. The number of nitrogens with zero attached hydrogens (tertiary/aromatic N) is 4. The highest BCUT2D eigenvalue weighted by Gasteiger charge is 2.18. The van der Waals surface area contributed by atoms with Crippen LogP contribution in [0.1, 0.15) is 32.2 Å². The van der Waals surface area contributed by atoms with Crippen molar-refractivity contribution in [2.45, 2.75) is 26.9 Å². The lowest BCUT2D eigenvalue weighted by Crippen LogP contribution is -2.29. The van der Waals surface area contributed by atoms with Crippen LogP contribution in [0.25, 0.3) is 4.96 Å². The number of hydrogen-bond donors (Lipinski definition) is 0. The van der Waals surface area contributed by atoms with Crippen molar-refractivity contribution in [1.82, 2.24) is 18.9 Å². The molecule has 0 bridgehead atoms.